The van der Waals surface area contributed by atoms with Gasteiger partial charge in [0, 0.05) is 28.3 Å². The fourth-order valence-electron chi connectivity index (χ4n) is 2.71. The van der Waals surface area contributed by atoms with Gasteiger partial charge in [0.05, 0.1) is 16.6 Å². The van der Waals surface area contributed by atoms with E-state index >= 15 is 0 Å². The monoisotopic (exact) mass is 334 g/mol. The smallest absolute Gasteiger partial charge is 0.331 e. The van der Waals surface area contributed by atoms with Gasteiger partial charge in [0.25, 0.3) is 0 Å². The molecule has 2 aromatic rings. The van der Waals surface area contributed by atoms with Gasteiger partial charge >= 0.3 is 6.18 Å². The summed E-state index contributed by atoms with van der Waals surface area (Å²) in [5.74, 6) is 1.22. The van der Waals surface area contributed by atoms with Crippen LogP contribution in [0.3, 0.4) is 0 Å². The number of fused-ring (bicyclic) bond motifs is 1. The highest BCUT2D eigenvalue weighted by molar-refractivity contribution is 7.85. The summed E-state index contributed by atoms with van der Waals surface area (Å²) in [6.07, 6.45) is -2.91. The first-order valence-electron chi connectivity index (χ1n) is 6.53. The lowest BCUT2D eigenvalue weighted by Gasteiger charge is -2.23. The van der Waals surface area contributed by atoms with Crippen LogP contribution >= 0.6 is 12.2 Å². The number of H-pyrrole nitrogens is 1. The molecule has 0 spiro atoms. The van der Waals surface area contributed by atoms with E-state index in [1.165, 1.54) is 6.07 Å². The summed E-state index contributed by atoms with van der Waals surface area (Å²) >= 11 is 5.25. The van der Waals surface area contributed by atoms with Crippen molar-refractivity contribution in [3.63, 3.8) is 0 Å². The van der Waals surface area contributed by atoms with Gasteiger partial charge in [0.15, 0.2) is 4.77 Å². The molecule has 1 aliphatic heterocycles. The Morgan fingerprint density at radius 1 is 1.29 bits per heavy atom. The minimum absolute atomic E-state index is 0.0979. The zero-order valence-corrected chi connectivity index (χ0v) is 12.6. The van der Waals surface area contributed by atoms with Gasteiger partial charge in [0.1, 0.15) is 0 Å². The number of alkyl halides is 3. The Labute approximate surface area is 126 Å². The Morgan fingerprint density at radius 2 is 1.95 bits per heavy atom. The molecule has 1 aromatic carbocycles. The molecule has 0 bridgehead atoms. The van der Waals surface area contributed by atoms with Crippen LogP contribution in [0.25, 0.3) is 11.0 Å². The van der Waals surface area contributed by atoms with E-state index in [2.05, 4.69) is 4.98 Å². The maximum absolute atomic E-state index is 12.7. The van der Waals surface area contributed by atoms with Crippen molar-refractivity contribution < 1.29 is 17.4 Å². The lowest BCUT2D eigenvalue weighted by Crippen LogP contribution is -2.21. The van der Waals surface area contributed by atoms with E-state index in [0.717, 1.165) is 25.0 Å². The zero-order chi connectivity index (χ0) is 15.2. The fraction of sp³-hybridized carbons (Fsp3) is 0.462. The van der Waals surface area contributed by atoms with E-state index in [1.54, 1.807) is 0 Å². The van der Waals surface area contributed by atoms with Crippen LogP contribution in [0.2, 0.25) is 0 Å². The third kappa shape index (κ3) is 2.78. The molecule has 21 heavy (non-hydrogen) atoms. The molecular formula is C13H13F3N2OS2. The van der Waals surface area contributed by atoms with E-state index in [1.807, 2.05) is 4.57 Å². The van der Waals surface area contributed by atoms with Crippen molar-refractivity contribution in [1.82, 2.24) is 9.55 Å². The van der Waals surface area contributed by atoms with Crippen LogP contribution in [-0.4, -0.2) is 25.3 Å². The van der Waals surface area contributed by atoms with Crippen molar-refractivity contribution >= 4 is 34.1 Å². The summed E-state index contributed by atoms with van der Waals surface area (Å²) in [7, 11) is -0.785. The van der Waals surface area contributed by atoms with Crippen molar-refractivity contribution in [3.8, 4) is 0 Å². The maximum atomic E-state index is 12.7. The van der Waals surface area contributed by atoms with Crippen LogP contribution in [0.4, 0.5) is 13.2 Å². The van der Waals surface area contributed by atoms with Gasteiger partial charge in [0.2, 0.25) is 0 Å². The number of nitrogens with one attached hydrogen (secondary N) is 1. The number of aromatic amines is 1. The van der Waals surface area contributed by atoms with Crippen LogP contribution in [0.15, 0.2) is 18.2 Å². The summed E-state index contributed by atoms with van der Waals surface area (Å²) in [6.45, 7) is 0. The number of benzene rings is 1. The largest absolute Gasteiger partial charge is 0.416 e. The molecule has 0 unspecified atom stereocenters. The second kappa shape index (κ2) is 5.24. The van der Waals surface area contributed by atoms with E-state index in [-0.39, 0.29) is 6.04 Å². The number of hydrogen-bond acceptors (Lipinski definition) is 2. The SMILES string of the molecule is O=S1CCC(n2c(=S)[nH]c3cc(C(F)(F)F)ccc32)CC1. The maximum Gasteiger partial charge on any atom is 0.416 e. The van der Waals surface area contributed by atoms with Crippen LogP contribution in [0.5, 0.6) is 0 Å². The average Bonchev–Trinajstić information content (AvgIpc) is 2.74. The molecule has 2 heterocycles. The predicted octanol–water partition coefficient (Wildman–Crippen LogP) is 3.80. The number of aromatic nitrogens is 2. The van der Waals surface area contributed by atoms with E-state index in [9.17, 15) is 17.4 Å². The van der Waals surface area contributed by atoms with Gasteiger partial charge in [-0.1, -0.05) is 0 Å². The first-order chi connectivity index (χ1) is 9.86. The standard InChI is InChI=1S/C13H13F3N2OS2/c14-13(15,16)8-1-2-11-10(7-8)17-12(20)18(11)9-3-5-21(19)6-4-9/h1-2,7,9H,3-6H2,(H,17,20). The third-order valence-corrected chi connectivity index (χ3v) is 5.45. The normalized spacial score (nSPS) is 23.6. The molecule has 0 atom stereocenters. The first kappa shape index (κ1) is 14.8. The molecule has 0 radical (unpaired) electrons. The number of imidazole rings is 1. The number of rotatable bonds is 1. The lowest BCUT2D eigenvalue weighted by molar-refractivity contribution is -0.137. The van der Waals surface area contributed by atoms with Crippen molar-refractivity contribution in [2.45, 2.75) is 25.1 Å². The van der Waals surface area contributed by atoms with Crippen molar-refractivity contribution in [2.24, 2.45) is 0 Å². The van der Waals surface area contributed by atoms with Crippen LogP contribution in [-0.2, 0) is 17.0 Å². The molecule has 3 nitrogen and oxygen atoms in total. The summed E-state index contributed by atoms with van der Waals surface area (Å²) < 4.78 is 51.9. The molecule has 0 aliphatic carbocycles. The molecule has 114 valence electrons. The molecule has 1 aromatic heterocycles. The second-order valence-electron chi connectivity index (χ2n) is 5.11. The summed E-state index contributed by atoms with van der Waals surface area (Å²) in [4.78, 5) is 2.85. The Bertz CT molecular complexity index is 753. The highest BCUT2D eigenvalue weighted by Crippen LogP contribution is 2.33. The molecule has 0 saturated carbocycles. The number of nitrogens with zero attached hydrogens (tertiary/aromatic N) is 1. The Balaban J connectivity index is 2.06. The van der Waals surface area contributed by atoms with Gasteiger partial charge in [-0.2, -0.15) is 13.2 Å². The van der Waals surface area contributed by atoms with Gasteiger partial charge < -0.3 is 9.55 Å². The predicted molar refractivity (Wildman–Crippen MR) is 78.3 cm³/mol. The van der Waals surface area contributed by atoms with Gasteiger partial charge in [-0.25, -0.2) is 0 Å². The third-order valence-electron chi connectivity index (χ3n) is 3.77. The van der Waals surface area contributed by atoms with E-state index in [4.69, 9.17) is 12.2 Å². The molecule has 1 N–H and O–H groups in total. The average molecular weight is 334 g/mol. The van der Waals surface area contributed by atoms with Crippen molar-refractivity contribution in [1.29, 1.82) is 0 Å². The second-order valence-corrected chi connectivity index (χ2v) is 7.19. The summed E-state index contributed by atoms with van der Waals surface area (Å²) in [5, 5.41) is 0. The number of halogens is 3. The van der Waals surface area contributed by atoms with E-state index in [0.29, 0.717) is 27.3 Å². The van der Waals surface area contributed by atoms with Crippen LogP contribution in [0.1, 0.15) is 24.4 Å². The van der Waals surface area contributed by atoms with Crippen LogP contribution < -0.4 is 0 Å². The molecule has 8 heteroatoms. The van der Waals surface area contributed by atoms with E-state index < -0.39 is 22.5 Å². The highest BCUT2D eigenvalue weighted by Gasteiger charge is 2.31. The van der Waals surface area contributed by atoms with Gasteiger partial charge in [-0.15, -0.1) is 0 Å². The molecule has 3 rings (SSSR count). The van der Waals surface area contributed by atoms with Crippen molar-refractivity contribution in [2.75, 3.05) is 11.5 Å². The minimum atomic E-state index is -4.37. The summed E-state index contributed by atoms with van der Waals surface area (Å²) in [5.41, 5.74) is 0.371. The Hall–Kier alpha value is -1.15. The Kier molecular flexibility index (Phi) is 3.69. The molecule has 1 saturated heterocycles. The fourth-order valence-corrected chi connectivity index (χ4v) is 4.34. The van der Waals surface area contributed by atoms with Crippen LogP contribution in [0, 0.1) is 4.77 Å². The highest BCUT2D eigenvalue weighted by atomic mass is 32.2. The quantitative estimate of drug-likeness (QED) is 0.806. The number of hydrogen-bond donors (Lipinski definition) is 1. The zero-order valence-electron chi connectivity index (χ0n) is 10.9. The molecular weight excluding hydrogens is 321 g/mol. The van der Waals surface area contributed by atoms with Gasteiger partial charge in [-0.05, 0) is 43.3 Å². The minimum Gasteiger partial charge on any atom is -0.331 e. The van der Waals surface area contributed by atoms with Gasteiger partial charge in [-0.3, -0.25) is 4.21 Å². The molecule has 0 amide bonds. The molecule has 1 aliphatic rings. The molecule has 1 fully saturated rings. The summed E-state index contributed by atoms with van der Waals surface area (Å²) in [6, 6.07) is 3.71. The van der Waals surface area contributed by atoms with Crippen molar-refractivity contribution in [3.05, 3.63) is 28.5 Å². The Morgan fingerprint density at radius 3 is 2.57 bits per heavy atom. The first-order valence-corrected chi connectivity index (χ1v) is 8.42. The topological polar surface area (TPSA) is 37.8 Å². The lowest BCUT2D eigenvalue weighted by atomic mass is 10.1.